The zero-order valence-electron chi connectivity index (χ0n) is 16.9. The summed E-state index contributed by atoms with van der Waals surface area (Å²) in [6.45, 7) is 1.26. The fourth-order valence-corrected chi connectivity index (χ4v) is 5.06. The second-order valence-electron chi connectivity index (χ2n) is 7.76. The van der Waals surface area contributed by atoms with E-state index in [0.29, 0.717) is 13.1 Å². The molecule has 2 aliphatic rings. The summed E-state index contributed by atoms with van der Waals surface area (Å²) < 4.78 is 5.83. The Morgan fingerprint density at radius 1 is 1.16 bits per heavy atom. The van der Waals surface area contributed by atoms with E-state index in [1.54, 1.807) is 24.3 Å². The third-order valence-electron chi connectivity index (χ3n) is 6.10. The highest BCUT2D eigenvalue weighted by Crippen LogP contribution is 2.35. The van der Waals surface area contributed by atoms with Gasteiger partial charge in [-0.3, -0.25) is 14.5 Å². The van der Waals surface area contributed by atoms with Gasteiger partial charge in [0.05, 0.1) is 36.3 Å². The summed E-state index contributed by atoms with van der Waals surface area (Å²) in [4.78, 5) is 45.1. The van der Waals surface area contributed by atoms with Crippen molar-refractivity contribution in [3.8, 4) is 0 Å². The SMILES string of the molecule is COC(=O)c1ccccc1N1C(=O)CC(N2CCc3[nH]c4c(Br)cccc4c3C2)C1=O. The van der Waals surface area contributed by atoms with E-state index in [4.69, 9.17) is 4.74 Å². The molecule has 0 radical (unpaired) electrons. The Balaban J connectivity index is 1.46. The van der Waals surface area contributed by atoms with Crippen LogP contribution in [0.4, 0.5) is 5.69 Å². The summed E-state index contributed by atoms with van der Waals surface area (Å²) in [5, 5.41) is 1.12. The van der Waals surface area contributed by atoms with Crippen LogP contribution in [0.2, 0.25) is 0 Å². The van der Waals surface area contributed by atoms with Crippen molar-refractivity contribution < 1.29 is 19.1 Å². The topological polar surface area (TPSA) is 82.7 Å². The quantitative estimate of drug-likeness (QED) is 0.457. The molecule has 1 N–H and O–H groups in total. The highest BCUT2D eigenvalue weighted by atomic mass is 79.9. The number of nitrogens with one attached hydrogen (secondary N) is 1. The number of para-hydroxylation sites is 2. The molecule has 1 aromatic heterocycles. The maximum absolute atomic E-state index is 13.3. The molecule has 0 saturated carbocycles. The van der Waals surface area contributed by atoms with Crippen molar-refractivity contribution in [3.63, 3.8) is 0 Å². The molecule has 31 heavy (non-hydrogen) atoms. The number of amides is 2. The number of carbonyl (C=O) groups excluding carboxylic acids is 3. The summed E-state index contributed by atoms with van der Waals surface area (Å²) in [5.41, 5.74) is 3.87. The predicted octanol–water partition coefficient (Wildman–Crippen LogP) is 3.41. The van der Waals surface area contributed by atoms with E-state index in [2.05, 4.69) is 31.9 Å². The van der Waals surface area contributed by atoms with E-state index in [1.807, 2.05) is 12.1 Å². The summed E-state index contributed by atoms with van der Waals surface area (Å²) in [7, 11) is 1.28. The van der Waals surface area contributed by atoms with Gasteiger partial charge in [-0.25, -0.2) is 9.69 Å². The Bertz CT molecular complexity index is 1230. The molecule has 5 rings (SSSR count). The number of halogens is 1. The number of hydrogen-bond donors (Lipinski definition) is 1. The van der Waals surface area contributed by atoms with Gasteiger partial charge in [-0.1, -0.05) is 24.3 Å². The molecule has 0 spiro atoms. The molecular weight excluding hydrogens is 462 g/mol. The zero-order valence-corrected chi connectivity index (χ0v) is 18.4. The number of benzene rings is 2. The summed E-state index contributed by atoms with van der Waals surface area (Å²) in [6.07, 6.45) is 0.864. The molecule has 8 heteroatoms. The molecular formula is C23H20BrN3O4. The van der Waals surface area contributed by atoms with Crippen LogP contribution < -0.4 is 4.90 Å². The Morgan fingerprint density at radius 2 is 1.97 bits per heavy atom. The van der Waals surface area contributed by atoms with Gasteiger partial charge in [0.2, 0.25) is 5.91 Å². The average molecular weight is 482 g/mol. The maximum atomic E-state index is 13.3. The fraction of sp³-hybridized carbons (Fsp3) is 0.261. The number of methoxy groups -OCH3 is 1. The number of hydrogen-bond acceptors (Lipinski definition) is 5. The molecule has 1 atom stereocenters. The third-order valence-corrected chi connectivity index (χ3v) is 6.76. The van der Waals surface area contributed by atoms with Crippen LogP contribution in [0.1, 0.15) is 28.0 Å². The number of aromatic amines is 1. The van der Waals surface area contributed by atoms with Gasteiger partial charge in [0, 0.05) is 35.1 Å². The van der Waals surface area contributed by atoms with Gasteiger partial charge in [0.15, 0.2) is 0 Å². The number of imide groups is 1. The first-order chi connectivity index (χ1) is 15.0. The lowest BCUT2D eigenvalue weighted by Crippen LogP contribution is -2.44. The normalized spacial score (nSPS) is 19.2. The molecule has 0 bridgehead atoms. The Morgan fingerprint density at radius 3 is 2.77 bits per heavy atom. The molecule has 2 aliphatic heterocycles. The fourth-order valence-electron chi connectivity index (χ4n) is 4.59. The van der Waals surface area contributed by atoms with Crippen LogP contribution in [0.15, 0.2) is 46.9 Å². The van der Waals surface area contributed by atoms with Crippen molar-refractivity contribution in [1.29, 1.82) is 0 Å². The number of carbonyl (C=O) groups is 3. The van der Waals surface area contributed by atoms with Gasteiger partial charge in [-0.2, -0.15) is 0 Å². The van der Waals surface area contributed by atoms with Crippen molar-refractivity contribution in [1.82, 2.24) is 9.88 Å². The number of ether oxygens (including phenoxy) is 1. The van der Waals surface area contributed by atoms with Crippen LogP contribution in [-0.4, -0.2) is 47.4 Å². The maximum Gasteiger partial charge on any atom is 0.339 e. The average Bonchev–Trinajstić information content (AvgIpc) is 3.30. The molecule has 0 aliphatic carbocycles. The van der Waals surface area contributed by atoms with Crippen LogP contribution in [0.3, 0.4) is 0 Å². The van der Waals surface area contributed by atoms with E-state index in [-0.39, 0.29) is 29.5 Å². The molecule has 1 saturated heterocycles. The first-order valence-electron chi connectivity index (χ1n) is 10.1. The third kappa shape index (κ3) is 3.18. The molecule has 3 aromatic rings. The Kier molecular flexibility index (Phi) is 4.91. The highest BCUT2D eigenvalue weighted by Gasteiger charge is 2.44. The second kappa shape index (κ2) is 7.62. The van der Waals surface area contributed by atoms with Crippen LogP contribution in [0.5, 0.6) is 0 Å². The number of nitrogens with zero attached hydrogens (tertiary/aromatic N) is 2. The lowest BCUT2D eigenvalue weighted by molar-refractivity contribution is -0.123. The minimum absolute atomic E-state index is 0.0930. The van der Waals surface area contributed by atoms with Crippen LogP contribution >= 0.6 is 15.9 Å². The van der Waals surface area contributed by atoms with Gasteiger partial charge >= 0.3 is 5.97 Å². The minimum atomic E-state index is -0.577. The van der Waals surface area contributed by atoms with Gasteiger partial charge < -0.3 is 9.72 Å². The summed E-state index contributed by atoms with van der Waals surface area (Å²) in [5.74, 6) is -1.18. The van der Waals surface area contributed by atoms with Gasteiger partial charge in [-0.05, 0) is 39.7 Å². The van der Waals surface area contributed by atoms with Crippen molar-refractivity contribution in [3.05, 3.63) is 63.8 Å². The van der Waals surface area contributed by atoms with Crippen molar-refractivity contribution in [2.75, 3.05) is 18.6 Å². The largest absolute Gasteiger partial charge is 0.465 e. The lowest BCUT2D eigenvalue weighted by Gasteiger charge is -2.31. The van der Waals surface area contributed by atoms with E-state index >= 15 is 0 Å². The molecule has 2 amide bonds. The zero-order chi connectivity index (χ0) is 21.7. The van der Waals surface area contributed by atoms with E-state index < -0.39 is 12.0 Å². The first kappa shape index (κ1) is 20.0. The van der Waals surface area contributed by atoms with Gasteiger partial charge in [-0.15, -0.1) is 0 Å². The van der Waals surface area contributed by atoms with E-state index in [1.165, 1.54) is 12.8 Å². The van der Waals surface area contributed by atoms with Crippen LogP contribution in [0.25, 0.3) is 10.9 Å². The van der Waals surface area contributed by atoms with E-state index in [9.17, 15) is 14.4 Å². The van der Waals surface area contributed by atoms with E-state index in [0.717, 1.165) is 32.3 Å². The van der Waals surface area contributed by atoms with Crippen molar-refractivity contribution in [2.45, 2.75) is 25.4 Å². The second-order valence-corrected chi connectivity index (χ2v) is 8.62. The Labute approximate surface area is 187 Å². The summed E-state index contributed by atoms with van der Waals surface area (Å²) >= 11 is 3.59. The number of anilines is 1. The first-order valence-corrected chi connectivity index (χ1v) is 10.8. The number of esters is 1. The smallest absolute Gasteiger partial charge is 0.339 e. The van der Waals surface area contributed by atoms with Crippen molar-refractivity contribution in [2.24, 2.45) is 0 Å². The number of aromatic nitrogens is 1. The van der Waals surface area contributed by atoms with Gasteiger partial charge in [0.1, 0.15) is 0 Å². The van der Waals surface area contributed by atoms with Crippen molar-refractivity contribution >= 4 is 50.3 Å². The van der Waals surface area contributed by atoms with Gasteiger partial charge in [0.25, 0.3) is 5.91 Å². The monoisotopic (exact) mass is 481 g/mol. The highest BCUT2D eigenvalue weighted by molar-refractivity contribution is 9.10. The molecule has 1 unspecified atom stereocenters. The summed E-state index contributed by atoms with van der Waals surface area (Å²) in [6, 6.07) is 12.1. The van der Waals surface area contributed by atoms with Crippen LogP contribution in [-0.2, 0) is 27.3 Å². The molecule has 3 heterocycles. The van der Waals surface area contributed by atoms with Crippen LogP contribution in [0, 0.1) is 0 Å². The number of H-pyrrole nitrogens is 1. The molecule has 7 nitrogen and oxygen atoms in total. The predicted molar refractivity (Wildman–Crippen MR) is 119 cm³/mol. The standard InChI is InChI=1S/C23H20BrN3O4/c1-31-23(30)14-5-2-3-8-18(14)27-20(28)11-19(22(27)29)26-10-9-17-15(12-26)13-6-4-7-16(24)21(13)25-17/h2-8,19,25H,9-12H2,1H3. The molecule has 158 valence electrons. The molecule has 1 fully saturated rings. The number of fused-ring (bicyclic) bond motifs is 3. The lowest BCUT2D eigenvalue weighted by atomic mass is 10.0. The molecule has 2 aromatic carbocycles. The minimum Gasteiger partial charge on any atom is -0.465 e. The Hall–Kier alpha value is -2.97. The number of rotatable bonds is 3.